The molecule has 2 heterocycles. The summed E-state index contributed by atoms with van der Waals surface area (Å²) in [6.45, 7) is 3.54. The highest BCUT2D eigenvalue weighted by Gasteiger charge is 2.30. The number of hydrogen-bond donors (Lipinski definition) is 2. The van der Waals surface area contributed by atoms with E-state index >= 15 is 0 Å². The summed E-state index contributed by atoms with van der Waals surface area (Å²) < 4.78 is 0. The molecule has 8 nitrogen and oxygen atoms in total. The molecule has 1 fully saturated rings. The summed E-state index contributed by atoms with van der Waals surface area (Å²) in [5.41, 5.74) is 3.19. The summed E-state index contributed by atoms with van der Waals surface area (Å²) in [7, 11) is 0. The molecule has 9 heteroatoms. The predicted octanol–water partition coefficient (Wildman–Crippen LogP) is 3.96. The lowest BCUT2D eigenvalue weighted by Gasteiger charge is -2.31. The quantitative estimate of drug-likeness (QED) is 0.583. The minimum atomic E-state index is -0.399. The van der Waals surface area contributed by atoms with E-state index < -0.39 is 5.91 Å². The Kier molecular flexibility index (Phi) is 8.05. The topological polar surface area (TPSA) is 104 Å². The minimum Gasteiger partial charge on any atom is -0.355 e. The first-order chi connectivity index (χ1) is 16.5. The van der Waals surface area contributed by atoms with Crippen molar-refractivity contribution in [3.8, 4) is 0 Å². The number of allylic oxidation sites excluding steroid dienone is 1. The van der Waals surface area contributed by atoms with Gasteiger partial charge in [0.1, 0.15) is 0 Å². The summed E-state index contributed by atoms with van der Waals surface area (Å²) in [6, 6.07) is 7.43. The van der Waals surface area contributed by atoms with Crippen LogP contribution in [0, 0.1) is 12.8 Å². The van der Waals surface area contributed by atoms with E-state index in [4.69, 9.17) is 0 Å². The van der Waals surface area contributed by atoms with Crippen molar-refractivity contribution < 1.29 is 14.4 Å². The SMILES string of the molecule is Cc1ccc(NC(=O)c2nnc(C(=O)N3CCC[C@@H](C(=O)NCCC4=CCCCC4)C3)s2)cc1. The number of aromatic nitrogens is 2. The molecule has 1 aliphatic carbocycles. The fraction of sp³-hybridized carbons (Fsp3) is 0.480. The maximum Gasteiger partial charge on any atom is 0.286 e. The third-order valence-corrected chi connectivity index (χ3v) is 7.23. The first-order valence-corrected chi connectivity index (χ1v) is 12.8. The van der Waals surface area contributed by atoms with E-state index in [1.807, 2.05) is 31.2 Å². The van der Waals surface area contributed by atoms with Crippen LogP contribution in [0.2, 0.25) is 0 Å². The van der Waals surface area contributed by atoms with Crippen molar-refractivity contribution in [1.82, 2.24) is 20.4 Å². The second-order valence-electron chi connectivity index (χ2n) is 8.97. The lowest BCUT2D eigenvalue weighted by Crippen LogP contribution is -2.45. The van der Waals surface area contributed by atoms with Gasteiger partial charge in [-0.15, -0.1) is 10.2 Å². The van der Waals surface area contributed by atoms with Crippen LogP contribution in [-0.2, 0) is 4.79 Å². The largest absolute Gasteiger partial charge is 0.355 e. The molecule has 4 rings (SSSR count). The Hall–Kier alpha value is -3.07. The van der Waals surface area contributed by atoms with Crippen LogP contribution >= 0.6 is 11.3 Å². The molecule has 2 aromatic rings. The van der Waals surface area contributed by atoms with E-state index in [0.29, 0.717) is 25.3 Å². The summed E-state index contributed by atoms with van der Waals surface area (Å²) >= 11 is 0.972. The molecule has 1 aromatic carbocycles. The smallest absolute Gasteiger partial charge is 0.286 e. The molecule has 1 saturated heterocycles. The highest BCUT2D eigenvalue weighted by molar-refractivity contribution is 7.15. The maximum atomic E-state index is 13.0. The minimum absolute atomic E-state index is 0.00402. The zero-order valence-electron chi connectivity index (χ0n) is 19.5. The number of hydrogen-bond acceptors (Lipinski definition) is 6. The van der Waals surface area contributed by atoms with Gasteiger partial charge in [-0.3, -0.25) is 14.4 Å². The number of benzene rings is 1. The molecule has 3 amide bonds. The van der Waals surface area contributed by atoms with Gasteiger partial charge in [0.15, 0.2) is 0 Å². The standard InChI is InChI=1S/C25H31N5O3S/c1-17-9-11-20(12-10-17)27-22(32)23-28-29-24(34-23)25(33)30-15-5-8-19(16-30)21(31)26-14-13-18-6-3-2-4-7-18/h6,9-12,19H,2-5,7-8,13-16H2,1H3,(H,26,31)(H,27,32)/t19-/m1/s1. The summed E-state index contributed by atoms with van der Waals surface area (Å²) in [6.07, 6.45) is 9.49. The van der Waals surface area contributed by atoms with E-state index in [1.165, 1.54) is 18.4 Å². The zero-order chi connectivity index (χ0) is 23.9. The normalized spacial score (nSPS) is 18.2. The molecule has 2 N–H and O–H groups in total. The molecule has 2 aliphatic rings. The van der Waals surface area contributed by atoms with Crippen LogP contribution in [0.15, 0.2) is 35.9 Å². The van der Waals surface area contributed by atoms with Gasteiger partial charge < -0.3 is 15.5 Å². The predicted molar refractivity (Wildman–Crippen MR) is 132 cm³/mol. The fourth-order valence-corrected chi connectivity index (χ4v) is 5.06. The highest BCUT2D eigenvalue weighted by atomic mass is 32.1. The van der Waals surface area contributed by atoms with E-state index in [1.54, 1.807) is 4.90 Å². The van der Waals surface area contributed by atoms with Crippen molar-refractivity contribution in [3.05, 3.63) is 51.5 Å². The molecule has 180 valence electrons. The van der Waals surface area contributed by atoms with Crippen molar-refractivity contribution in [3.63, 3.8) is 0 Å². The molecule has 1 aromatic heterocycles. The number of anilines is 1. The van der Waals surface area contributed by atoms with Crippen LogP contribution in [0.5, 0.6) is 0 Å². The molecular formula is C25H31N5O3S. The third-order valence-electron chi connectivity index (χ3n) is 6.32. The third kappa shape index (κ3) is 6.28. The average Bonchev–Trinajstić information content (AvgIpc) is 3.36. The maximum absolute atomic E-state index is 13.0. The second-order valence-corrected chi connectivity index (χ2v) is 9.95. The number of nitrogens with one attached hydrogen (secondary N) is 2. The number of carbonyl (C=O) groups excluding carboxylic acids is 3. The molecule has 0 radical (unpaired) electrons. The van der Waals surface area contributed by atoms with E-state index in [-0.39, 0.29) is 27.7 Å². The van der Waals surface area contributed by atoms with Crippen molar-refractivity contribution in [2.75, 3.05) is 25.0 Å². The number of aryl methyl sites for hydroxylation is 1. The van der Waals surface area contributed by atoms with Gasteiger partial charge in [-0.1, -0.05) is 40.7 Å². The van der Waals surface area contributed by atoms with Crippen LogP contribution in [0.4, 0.5) is 5.69 Å². The van der Waals surface area contributed by atoms with Crippen molar-refractivity contribution >= 4 is 34.7 Å². The molecule has 1 atom stereocenters. The van der Waals surface area contributed by atoms with E-state index in [0.717, 1.165) is 49.0 Å². The monoisotopic (exact) mass is 481 g/mol. The number of rotatable bonds is 7. The van der Waals surface area contributed by atoms with Gasteiger partial charge in [0, 0.05) is 25.3 Å². The van der Waals surface area contributed by atoms with Gasteiger partial charge in [0.05, 0.1) is 5.92 Å². The van der Waals surface area contributed by atoms with Gasteiger partial charge in [-0.2, -0.15) is 0 Å². The number of carbonyl (C=O) groups is 3. The van der Waals surface area contributed by atoms with Gasteiger partial charge in [0.2, 0.25) is 15.9 Å². The van der Waals surface area contributed by atoms with Gasteiger partial charge in [0.25, 0.3) is 11.8 Å². The Morgan fingerprint density at radius 2 is 1.88 bits per heavy atom. The van der Waals surface area contributed by atoms with Crippen molar-refractivity contribution in [1.29, 1.82) is 0 Å². The lowest BCUT2D eigenvalue weighted by molar-refractivity contribution is -0.126. The van der Waals surface area contributed by atoms with Gasteiger partial charge >= 0.3 is 0 Å². The van der Waals surface area contributed by atoms with Gasteiger partial charge in [-0.05, 0) is 64.0 Å². The van der Waals surface area contributed by atoms with Crippen molar-refractivity contribution in [2.45, 2.75) is 51.9 Å². The molecule has 0 saturated carbocycles. The molecular weight excluding hydrogens is 450 g/mol. The van der Waals surface area contributed by atoms with Crippen LogP contribution in [0.25, 0.3) is 0 Å². The van der Waals surface area contributed by atoms with Crippen LogP contribution in [0.1, 0.15) is 70.1 Å². The second kappa shape index (κ2) is 11.4. The Bertz CT molecular complexity index is 1060. The summed E-state index contributed by atoms with van der Waals surface area (Å²) in [4.78, 5) is 39.8. The molecule has 34 heavy (non-hydrogen) atoms. The molecule has 0 spiro atoms. The number of amides is 3. The zero-order valence-corrected chi connectivity index (χ0v) is 20.3. The van der Waals surface area contributed by atoms with E-state index in [9.17, 15) is 14.4 Å². The van der Waals surface area contributed by atoms with E-state index in [2.05, 4.69) is 26.9 Å². The van der Waals surface area contributed by atoms with Crippen LogP contribution in [0.3, 0.4) is 0 Å². The van der Waals surface area contributed by atoms with Crippen molar-refractivity contribution in [2.24, 2.45) is 5.92 Å². The Morgan fingerprint density at radius 1 is 1.09 bits per heavy atom. The Balaban J connectivity index is 1.29. The number of piperidine rings is 1. The van der Waals surface area contributed by atoms with Gasteiger partial charge in [-0.25, -0.2) is 0 Å². The summed E-state index contributed by atoms with van der Waals surface area (Å²) in [5.74, 6) is -0.902. The van der Waals surface area contributed by atoms with Crippen LogP contribution in [-0.4, -0.2) is 52.5 Å². The first-order valence-electron chi connectivity index (χ1n) is 12.0. The molecule has 0 unspecified atom stereocenters. The average molecular weight is 482 g/mol. The first kappa shape index (κ1) is 24.1. The lowest BCUT2D eigenvalue weighted by atomic mass is 9.96. The Labute approximate surface area is 203 Å². The fourth-order valence-electron chi connectivity index (χ4n) is 4.36. The number of nitrogens with zero attached hydrogens (tertiary/aromatic N) is 3. The molecule has 0 bridgehead atoms. The Morgan fingerprint density at radius 3 is 2.65 bits per heavy atom. The number of likely N-dealkylation sites (tertiary alicyclic amines) is 1. The summed E-state index contributed by atoms with van der Waals surface area (Å²) in [5, 5.41) is 14.0. The highest BCUT2D eigenvalue weighted by Crippen LogP contribution is 2.22. The van der Waals surface area contributed by atoms with Crippen LogP contribution < -0.4 is 10.6 Å². The molecule has 1 aliphatic heterocycles.